The monoisotopic (exact) mass is 302 g/mol. The maximum Gasteiger partial charge on any atom is 0.326 e. The van der Waals surface area contributed by atoms with Crippen molar-refractivity contribution in [1.29, 1.82) is 0 Å². The van der Waals surface area contributed by atoms with Crippen LogP contribution in [-0.4, -0.2) is 37.8 Å². The number of amides is 1. The Morgan fingerprint density at radius 3 is 2.77 bits per heavy atom. The molecule has 7 heteroatoms. The minimum atomic E-state index is -1.04. The predicted octanol–water partition coefficient (Wildman–Crippen LogP) is 1.56. The summed E-state index contributed by atoms with van der Waals surface area (Å²) < 4.78 is 1.55. The molecule has 2 N–H and O–H groups in total. The molecule has 2 heterocycles. The van der Waals surface area contributed by atoms with Gasteiger partial charge in [0.2, 0.25) is 0 Å². The van der Waals surface area contributed by atoms with Crippen molar-refractivity contribution in [3.8, 4) is 5.82 Å². The van der Waals surface area contributed by atoms with Gasteiger partial charge in [0.25, 0.3) is 5.91 Å². The molecule has 0 saturated heterocycles. The van der Waals surface area contributed by atoms with Crippen LogP contribution in [0.1, 0.15) is 35.8 Å². The molecule has 1 atom stereocenters. The lowest BCUT2D eigenvalue weighted by Gasteiger charge is -2.13. The van der Waals surface area contributed by atoms with Crippen LogP contribution in [0.4, 0.5) is 0 Å². The second-order valence-corrected chi connectivity index (χ2v) is 4.90. The fourth-order valence-electron chi connectivity index (χ4n) is 2.12. The van der Waals surface area contributed by atoms with Crippen molar-refractivity contribution in [2.24, 2.45) is 0 Å². The van der Waals surface area contributed by atoms with Gasteiger partial charge in [0.05, 0.1) is 17.5 Å². The Hall–Kier alpha value is -2.70. The fraction of sp³-hybridized carbons (Fsp3) is 0.333. The summed E-state index contributed by atoms with van der Waals surface area (Å²) in [6, 6.07) is 4.50. The number of hydrogen-bond acceptors (Lipinski definition) is 4. The maximum absolute atomic E-state index is 12.3. The van der Waals surface area contributed by atoms with Gasteiger partial charge in [-0.1, -0.05) is 19.4 Å². The Labute approximate surface area is 128 Å². The van der Waals surface area contributed by atoms with Crippen molar-refractivity contribution in [3.05, 3.63) is 41.9 Å². The lowest BCUT2D eigenvalue weighted by Crippen LogP contribution is -2.40. The number of carboxylic acid groups (broad SMARTS) is 1. The van der Waals surface area contributed by atoms with Crippen molar-refractivity contribution in [3.63, 3.8) is 0 Å². The van der Waals surface area contributed by atoms with E-state index in [1.165, 1.54) is 6.20 Å². The molecular formula is C15H18N4O3. The van der Waals surface area contributed by atoms with Gasteiger partial charge in [-0.05, 0) is 25.5 Å². The minimum Gasteiger partial charge on any atom is -0.480 e. The molecule has 1 amide bonds. The van der Waals surface area contributed by atoms with Gasteiger partial charge >= 0.3 is 5.97 Å². The molecular weight excluding hydrogens is 284 g/mol. The molecule has 22 heavy (non-hydrogen) atoms. The summed E-state index contributed by atoms with van der Waals surface area (Å²) in [6.45, 7) is 3.61. The molecule has 2 aromatic heterocycles. The number of hydrogen-bond donors (Lipinski definition) is 2. The van der Waals surface area contributed by atoms with Gasteiger partial charge in [0.1, 0.15) is 6.04 Å². The molecule has 0 aliphatic carbocycles. The summed E-state index contributed by atoms with van der Waals surface area (Å²) in [5.74, 6) is -0.882. The lowest BCUT2D eigenvalue weighted by molar-refractivity contribution is -0.139. The summed E-state index contributed by atoms with van der Waals surface area (Å²) >= 11 is 0. The van der Waals surface area contributed by atoms with Crippen LogP contribution in [0.3, 0.4) is 0 Å². The summed E-state index contributed by atoms with van der Waals surface area (Å²) in [5.41, 5.74) is 0.949. The Morgan fingerprint density at radius 1 is 1.41 bits per heavy atom. The molecule has 1 unspecified atom stereocenters. The van der Waals surface area contributed by atoms with Gasteiger partial charge in [0.15, 0.2) is 5.82 Å². The first-order valence-electron chi connectivity index (χ1n) is 7.04. The second kappa shape index (κ2) is 6.84. The molecule has 0 spiro atoms. The molecule has 2 rings (SSSR count). The molecule has 7 nitrogen and oxygen atoms in total. The molecule has 0 fully saturated rings. The maximum atomic E-state index is 12.3. The van der Waals surface area contributed by atoms with Crippen molar-refractivity contribution in [2.45, 2.75) is 32.7 Å². The van der Waals surface area contributed by atoms with E-state index in [4.69, 9.17) is 5.11 Å². The van der Waals surface area contributed by atoms with Crippen molar-refractivity contribution < 1.29 is 14.7 Å². The zero-order valence-electron chi connectivity index (χ0n) is 12.5. The van der Waals surface area contributed by atoms with Gasteiger partial charge in [-0.15, -0.1) is 0 Å². The number of rotatable bonds is 6. The van der Waals surface area contributed by atoms with Crippen LogP contribution in [0.2, 0.25) is 0 Å². The van der Waals surface area contributed by atoms with E-state index in [0.29, 0.717) is 29.9 Å². The van der Waals surface area contributed by atoms with Crippen LogP contribution in [0, 0.1) is 6.92 Å². The Bertz CT molecular complexity index is 667. The Kier molecular flexibility index (Phi) is 4.88. The van der Waals surface area contributed by atoms with Gasteiger partial charge in [0, 0.05) is 6.20 Å². The average molecular weight is 302 g/mol. The Morgan fingerprint density at radius 2 is 2.18 bits per heavy atom. The van der Waals surface area contributed by atoms with Crippen LogP contribution in [0.15, 0.2) is 30.6 Å². The van der Waals surface area contributed by atoms with E-state index in [0.717, 1.165) is 0 Å². The zero-order valence-corrected chi connectivity index (χ0v) is 12.5. The largest absolute Gasteiger partial charge is 0.480 e. The highest BCUT2D eigenvalue weighted by atomic mass is 16.4. The van der Waals surface area contributed by atoms with Crippen molar-refractivity contribution >= 4 is 11.9 Å². The zero-order chi connectivity index (χ0) is 16.1. The van der Waals surface area contributed by atoms with E-state index in [1.807, 2.05) is 13.0 Å². The van der Waals surface area contributed by atoms with Crippen LogP contribution in [0.25, 0.3) is 5.82 Å². The summed E-state index contributed by atoms with van der Waals surface area (Å²) in [6.07, 6.45) is 4.11. The average Bonchev–Trinajstić information content (AvgIpc) is 2.89. The van der Waals surface area contributed by atoms with Crippen LogP contribution < -0.4 is 5.32 Å². The number of pyridine rings is 1. The van der Waals surface area contributed by atoms with E-state index >= 15 is 0 Å². The number of nitrogens with one attached hydrogen (secondary N) is 1. The van der Waals surface area contributed by atoms with Crippen LogP contribution in [-0.2, 0) is 4.79 Å². The number of carbonyl (C=O) groups is 2. The fourth-order valence-corrected chi connectivity index (χ4v) is 2.12. The summed E-state index contributed by atoms with van der Waals surface area (Å²) in [7, 11) is 0. The SMILES string of the molecule is CCCC(NC(=O)c1cnn(-c2ccccn2)c1C)C(=O)O. The first-order valence-corrected chi connectivity index (χ1v) is 7.04. The number of aromatic nitrogens is 3. The highest BCUT2D eigenvalue weighted by Gasteiger charge is 2.22. The number of nitrogens with zero attached hydrogens (tertiary/aromatic N) is 3. The quantitative estimate of drug-likeness (QED) is 0.844. The topological polar surface area (TPSA) is 97.1 Å². The third-order valence-corrected chi connectivity index (χ3v) is 3.30. The molecule has 0 saturated carbocycles. The van der Waals surface area contributed by atoms with Gasteiger partial charge in [-0.25, -0.2) is 14.5 Å². The van der Waals surface area contributed by atoms with E-state index in [2.05, 4.69) is 15.4 Å². The van der Waals surface area contributed by atoms with Gasteiger partial charge < -0.3 is 10.4 Å². The van der Waals surface area contributed by atoms with E-state index in [9.17, 15) is 9.59 Å². The molecule has 0 radical (unpaired) electrons. The van der Waals surface area contributed by atoms with Crippen LogP contribution >= 0.6 is 0 Å². The molecule has 0 bridgehead atoms. The minimum absolute atomic E-state index is 0.341. The van der Waals surface area contributed by atoms with Gasteiger partial charge in [-0.2, -0.15) is 5.10 Å². The highest BCUT2D eigenvalue weighted by Crippen LogP contribution is 2.12. The Balaban J connectivity index is 2.21. The molecule has 2 aromatic rings. The van der Waals surface area contributed by atoms with E-state index < -0.39 is 17.9 Å². The van der Waals surface area contributed by atoms with Gasteiger partial charge in [-0.3, -0.25) is 4.79 Å². The molecule has 0 aliphatic rings. The highest BCUT2D eigenvalue weighted by molar-refractivity contribution is 5.97. The van der Waals surface area contributed by atoms with Crippen LogP contribution in [0.5, 0.6) is 0 Å². The summed E-state index contributed by atoms with van der Waals surface area (Å²) in [5, 5.41) is 15.8. The first kappa shape index (κ1) is 15.7. The number of carbonyl (C=O) groups excluding carboxylic acids is 1. The molecule has 116 valence electrons. The van der Waals surface area contributed by atoms with Crippen molar-refractivity contribution in [2.75, 3.05) is 0 Å². The number of carboxylic acids is 1. The lowest BCUT2D eigenvalue weighted by atomic mass is 10.1. The second-order valence-electron chi connectivity index (χ2n) is 4.90. The molecule has 0 aliphatic heterocycles. The molecule has 0 aromatic carbocycles. The van der Waals surface area contributed by atoms with E-state index in [-0.39, 0.29) is 0 Å². The normalized spacial score (nSPS) is 11.9. The predicted molar refractivity (Wildman–Crippen MR) is 79.9 cm³/mol. The van der Waals surface area contributed by atoms with E-state index in [1.54, 1.807) is 29.9 Å². The smallest absolute Gasteiger partial charge is 0.326 e. The standard InChI is InChI=1S/C15H18N4O3/c1-3-6-12(15(21)22)18-14(20)11-9-17-19(10(11)2)13-7-4-5-8-16-13/h4-5,7-9,12H,3,6H2,1-2H3,(H,18,20)(H,21,22). The summed E-state index contributed by atoms with van der Waals surface area (Å²) in [4.78, 5) is 27.5. The number of aliphatic carboxylic acids is 1. The third kappa shape index (κ3) is 3.30. The first-order chi connectivity index (χ1) is 10.5. The van der Waals surface area contributed by atoms with Crippen molar-refractivity contribution in [1.82, 2.24) is 20.1 Å². The third-order valence-electron chi connectivity index (χ3n) is 3.30.